The molecule has 0 bridgehead atoms. The summed E-state index contributed by atoms with van der Waals surface area (Å²) in [6.07, 6.45) is 3.07. The molecule has 0 saturated heterocycles. The van der Waals surface area contributed by atoms with E-state index >= 15 is 0 Å². The Morgan fingerprint density at radius 2 is 1.56 bits per heavy atom. The maximum Gasteiger partial charge on any atom is 0.407 e. The van der Waals surface area contributed by atoms with Gasteiger partial charge >= 0.3 is 12.1 Å². The second kappa shape index (κ2) is 10.7. The number of alkyl carbamates (subject to hydrolysis) is 1. The number of carbonyl (C=O) groups is 3. The van der Waals surface area contributed by atoms with Gasteiger partial charge in [-0.1, -0.05) is 68.3 Å². The van der Waals surface area contributed by atoms with Crippen molar-refractivity contribution in [1.82, 2.24) is 10.6 Å². The number of fused-ring (bicyclic) bond motifs is 3. The standard InChI is InChI=1S/C27H32N2O5/c1-17-10-12-18(13-11-17)15-28-26(32)24(14-25(30)31)29-27(33)34-16-23-21-8-4-2-6-19(21)20-7-3-5-9-22(20)23/h2-9,17-18,23-24H,10-16H2,1H3,(H,28,32)(H,29,33)(H,30,31). The fourth-order valence-electron chi connectivity index (χ4n) is 5.07. The zero-order valence-electron chi connectivity index (χ0n) is 19.5. The highest BCUT2D eigenvalue weighted by Gasteiger charge is 2.30. The molecule has 2 aromatic carbocycles. The topological polar surface area (TPSA) is 105 Å². The molecule has 0 heterocycles. The predicted molar refractivity (Wildman–Crippen MR) is 128 cm³/mol. The molecule has 1 unspecified atom stereocenters. The second-order valence-electron chi connectivity index (χ2n) is 9.49. The fourth-order valence-corrected chi connectivity index (χ4v) is 5.07. The number of amides is 2. The number of carboxylic acid groups (broad SMARTS) is 1. The van der Waals surface area contributed by atoms with Crippen LogP contribution in [0.25, 0.3) is 11.1 Å². The summed E-state index contributed by atoms with van der Waals surface area (Å²) >= 11 is 0. The van der Waals surface area contributed by atoms with Gasteiger partial charge in [0.1, 0.15) is 12.6 Å². The molecule has 34 heavy (non-hydrogen) atoms. The Kier molecular flexibility index (Phi) is 7.50. The highest BCUT2D eigenvalue weighted by atomic mass is 16.5. The van der Waals surface area contributed by atoms with E-state index in [1.54, 1.807) is 0 Å². The fraction of sp³-hybridized carbons (Fsp3) is 0.444. The molecule has 0 aliphatic heterocycles. The number of ether oxygens (including phenoxy) is 1. The minimum absolute atomic E-state index is 0.0987. The van der Waals surface area contributed by atoms with Crippen molar-refractivity contribution in [2.45, 2.75) is 51.0 Å². The summed E-state index contributed by atoms with van der Waals surface area (Å²) in [6, 6.07) is 14.8. The number of hydrogen-bond donors (Lipinski definition) is 3. The third kappa shape index (κ3) is 5.58. The van der Waals surface area contributed by atoms with Gasteiger partial charge in [0.25, 0.3) is 0 Å². The van der Waals surface area contributed by atoms with E-state index in [1.165, 1.54) is 0 Å². The van der Waals surface area contributed by atoms with Gasteiger partial charge in [-0.15, -0.1) is 0 Å². The molecular formula is C27H32N2O5. The minimum Gasteiger partial charge on any atom is -0.481 e. The Bertz CT molecular complexity index is 999. The van der Waals surface area contributed by atoms with E-state index < -0.39 is 30.4 Å². The van der Waals surface area contributed by atoms with Crippen LogP contribution in [0.15, 0.2) is 48.5 Å². The van der Waals surface area contributed by atoms with Crippen molar-refractivity contribution in [3.8, 4) is 11.1 Å². The monoisotopic (exact) mass is 464 g/mol. The number of hydrogen-bond acceptors (Lipinski definition) is 4. The molecule has 2 aromatic rings. The molecule has 2 aliphatic carbocycles. The van der Waals surface area contributed by atoms with Crippen LogP contribution in [0.5, 0.6) is 0 Å². The van der Waals surface area contributed by atoms with Crippen molar-refractivity contribution in [2.24, 2.45) is 11.8 Å². The number of nitrogens with one attached hydrogen (secondary N) is 2. The zero-order chi connectivity index (χ0) is 24.1. The molecule has 0 aromatic heterocycles. The lowest BCUT2D eigenvalue weighted by atomic mass is 9.83. The minimum atomic E-state index is -1.18. The molecule has 1 fully saturated rings. The third-order valence-electron chi connectivity index (χ3n) is 7.03. The van der Waals surface area contributed by atoms with E-state index in [4.69, 9.17) is 4.74 Å². The Labute approximate surface area is 199 Å². The first-order chi connectivity index (χ1) is 16.4. The summed E-state index contributed by atoms with van der Waals surface area (Å²) in [4.78, 5) is 36.5. The molecule has 0 spiro atoms. The van der Waals surface area contributed by atoms with Crippen LogP contribution in [0, 0.1) is 11.8 Å². The van der Waals surface area contributed by atoms with Crippen LogP contribution in [0.4, 0.5) is 4.79 Å². The lowest BCUT2D eigenvalue weighted by Crippen LogP contribution is -2.49. The summed E-state index contributed by atoms with van der Waals surface area (Å²) in [6.45, 7) is 2.82. The largest absolute Gasteiger partial charge is 0.481 e. The molecular weight excluding hydrogens is 432 g/mol. The van der Waals surface area contributed by atoms with Gasteiger partial charge in [0.2, 0.25) is 5.91 Å². The molecule has 2 aliphatic rings. The molecule has 7 nitrogen and oxygen atoms in total. The number of carbonyl (C=O) groups excluding carboxylic acids is 2. The highest BCUT2D eigenvalue weighted by Crippen LogP contribution is 2.44. The summed E-state index contributed by atoms with van der Waals surface area (Å²) in [5.41, 5.74) is 4.40. The maximum absolute atomic E-state index is 12.7. The summed E-state index contributed by atoms with van der Waals surface area (Å²) in [5.74, 6) is -0.666. The first kappa shape index (κ1) is 23.8. The maximum atomic E-state index is 12.7. The lowest BCUT2D eigenvalue weighted by molar-refractivity contribution is -0.139. The van der Waals surface area contributed by atoms with Crippen LogP contribution in [-0.4, -0.2) is 42.3 Å². The number of rotatable bonds is 8. The first-order valence-electron chi connectivity index (χ1n) is 12.0. The normalized spacial score (nSPS) is 20.0. The molecule has 1 atom stereocenters. The van der Waals surface area contributed by atoms with Crippen molar-refractivity contribution in [1.29, 1.82) is 0 Å². The summed E-state index contributed by atoms with van der Waals surface area (Å²) < 4.78 is 5.49. The average Bonchev–Trinajstić information content (AvgIpc) is 3.15. The van der Waals surface area contributed by atoms with Gasteiger partial charge in [0, 0.05) is 12.5 Å². The Hall–Kier alpha value is -3.35. The number of carboxylic acids is 1. The molecule has 180 valence electrons. The predicted octanol–water partition coefficient (Wildman–Crippen LogP) is 4.31. The van der Waals surface area contributed by atoms with Crippen LogP contribution in [-0.2, 0) is 14.3 Å². The molecule has 4 rings (SSSR count). The summed E-state index contributed by atoms with van der Waals surface area (Å²) in [5, 5.41) is 14.5. The van der Waals surface area contributed by atoms with Crippen LogP contribution < -0.4 is 10.6 Å². The van der Waals surface area contributed by atoms with E-state index in [1.807, 2.05) is 36.4 Å². The third-order valence-corrected chi connectivity index (χ3v) is 7.03. The molecule has 0 radical (unpaired) electrons. The van der Waals surface area contributed by atoms with E-state index in [0.29, 0.717) is 18.4 Å². The van der Waals surface area contributed by atoms with Crippen LogP contribution in [0.3, 0.4) is 0 Å². The van der Waals surface area contributed by atoms with Crippen LogP contribution >= 0.6 is 0 Å². The quantitative estimate of drug-likeness (QED) is 0.540. The van der Waals surface area contributed by atoms with Gasteiger partial charge in [0.15, 0.2) is 0 Å². The van der Waals surface area contributed by atoms with E-state index in [9.17, 15) is 19.5 Å². The Morgan fingerprint density at radius 3 is 2.15 bits per heavy atom. The Balaban J connectivity index is 1.34. The Morgan fingerprint density at radius 1 is 0.971 bits per heavy atom. The SMILES string of the molecule is CC1CCC(CNC(=O)C(CC(=O)O)NC(=O)OCC2c3ccccc3-c3ccccc32)CC1. The van der Waals surface area contributed by atoms with Gasteiger partial charge in [-0.3, -0.25) is 9.59 Å². The van der Waals surface area contributed by atoms with E-state index in [2.05, 4.69) is 29.7 Å². The molecule has 1 saturated carbocycles. The van der Waals surface area contributed by atoms with E-state index in [0.717, 1.165) is 47.9 Å². The summed E-state index contributed by atoms with van der Waals surface area (Å²) in [7, 11) is 0. The number of benzene rings is 2. The smallest absolute Gasteiger partial charge is 0.407 e. The van der Waals surface area contributed by atoms with Crippen LogP contribution in [0.1, 0.15) is 56.1 Å². The van der Waals surface area contributed by atoms with Crippen molar-refractivity contribution in [3.05, 3.63) is 59.7 Å². The zero-order valence-corrected chi connectivity index (χ0v) is 19.5. The highest BCUT2D eigenvalue weighted by molar-refractivity contribution is 5.89. The molecule has 3 N–H and O–H groups in total. The molecule has 2 amide bonds. The van der Waals surface area contributed by atoms with Crippen molar-refractivity contribution in [2.75, 3.05) is 13.2 Å². The van der Waals surface area contributed by atoms with Gasteiger partial charge in [-0.05, 0) is 46.9 Å². The van der Waals surface area contributed by atoms with Crippen molar-refractivity contribution >= 4 is 18.0 Å². The van der Waals surface area contributed by atoms with Crippen molar-refractivity contribution in [3.63, 3.8) is 0 Å². The van der Waals surface area contributed by atoms with Gasteiger partial charge in [0.05, 0.1) is 6.42 Å². The first-order valence-corrected chi connectivity index (χ1v) is 12.0. The van der Waals surface area contributed by atoms with Crippen molar-refractivity contribution < 1.29 is 24.2 Å². The van der Waals surface area contributed by atoms with Gasteiger partial charge in [-0.25, -0.2) is 4.79 Å². The lowest BCUT2D eigenvalue weighted by Gasteiger charge is -2.27. The second-order valence-corrected chi connectivity index (χ2v) is 9.49. The van der Waals surface area contributed by atoms with E-state index in [-0.39, 0.29) is 12.5 Å². The number of aliphatic carboxylic acids is 1. The van der Waals surface area contributed by atoms with Crippen LogP contribution in [0.2, 0.25) is 0 Å². The molecule has 7 heteroatoms. The van der Waals surface area contributed by atoms with Gasteiger partial charge in [-0.2, -0.15) is 0 Å². The van der Waals surface area contributed by atoms with Gasteiger partial charge < -0.3 is 20.5 Å². The average molecular weight is 465 g/mol.